The molecule has 0 heterocycles. The third kappa shape index (κ3) is 5.05. The third-order valence-electron chi connectivity index (χ3n) is 3.01. The molecule has 108 valence electrons. The normalized spacial score (nSPS) is 15.4. The predicted octanol–water partition coefficient (Wildman–Crippen LogP) is 5.74. The summed E-state index contributed by atoms with van der Waals surface area (Å²) in [5.41, 5.74) is 0.476. The molecule has 0 aromatic heterocycles. The fraction of sp³-hybridized carbons (Fsp3) is 0.600. The molecule has 1 rings (SSSR count). The van der Waals surface area contributed by atoms with E-state index in [-0.39, 0.29) is 16.0 Å². The van der Waals surface area contributed by atoms with Gasteiger partial charge in [0.1, 0.15) is 5.82 Å². The first kappa shape index (κ1) is 16.9. The number of hydrogen-bond donors (Lipinski definition) is 1. The molecule has 2 atom stereocenters. The lowest BCUT2D eigenvalue weighted by Gasteiger charge is -2.25. The topological polar surface area (TPSA) is 20.2 Å². The fourth-order valence-electron chi connectivity index (χ4n) is 2.44. The number of aliphatic hydroxyl groups is 1. The average Bonchev–Trinajstić information content (AvgIpc) is 2.23. The fourth-order valence-corrected chi connectivity index (χ4v) is 2.91. The summed E-state index contributed by atoms with van der Waals surface area (Å²) in [6.45, 7) is 8.56. The molecule has 0 aliphatic rings. The SMILES string of the molecule is CC(CC(O)c1ccc(Br)c(Cl)c1F)CC(C)(C)C. The lowest BCUT2D eigenvalue weighted by molar-refractivity contribution is 0.130. The minimum Gasteiger partial charge on any atom is -0.388 e. The van der Waals surface area contributed by atoms with E-state index in [2.05, 4.69) is 43.6 Å². The van der Waals surface area contributed by atoms with Gasteiger partial charge in [0.15, 0.2) is 0 Å². The summed E-state index contributed by atoms with van der Waals surface area (Å²) >= 11 is 9.00. The minimum absolute atomic E-state index is 0.0278. The van der Waals surface area contributed by atoms with E-state index in [0.717, 1.165) is 6.42 Å². The highest BCUT2D eigenvalue weighted by molar-refractivity contribution is 9.10. The van der Waals surface area contributed by atoms with Crippen molar-refractivity contribution in [3.63, 3.8) is 0 Å². The maximum Gasteiger partial charge on any atom is 0.148 e. The summed E-state index contributed by atoms with van der Waals surface area (Å²) in [6.07, 6.45) is 0.699. The minimum atomic E-state index is -0.817. The number of hydrogen-bond acceptors (Lipinski definition) is 1. The van der Waals surface area contributed by atoms with Crippen LogP contribution in [0.3, 0.4) is 0 Å². The van der Waals surface area contributed by atoms with Crippen molar-refractivity contribution < 1.29 is 9.50 Å². The molecule has 1 N–H and O–H groups in total. The summed E-state index contributed by atoms with van der Waals surface area (Å²) in [4.78, 5) is 0. The third-order valence-corrected chi connectivity index (χ3v) is 4.27. The summed E-state index contributed by atoms with van der Waals surface area (Å²) in [7, 11) is 0. The zero-order chi connectivity index (χ0) is 14.8. The Labute approximate surface area is 128 Å². The monoisotopic (exact) mass is 350 g/mol. The highest BCUT2D eigenvalue weighted by atomic mass is 79.9. The van der Waals surface area contributed by atoms with E-state index < -0.39 is 11.9 Å². The molecular formula is C15H21BrClFO. The number of halogens is 3. The second-order valence-corrected chi connectivity index (χ2v) is 7.62. The van der Waals surface area contributed by atoms with E-state index in [9.17, 15) is 9.50 Å². The highest BCUT2D eigenvalue weighted by Gasteiger charge is 2.22. The number of aliphatic hydroxyl groups excluding tert-OH is 1. The highest BCUT2D eigenvalue weighted by Crippen LogP contribution is 2.34. The van der Waals surface area contributed by atoms with Gasteiger partial charge in [0.25, 0.3) is 0 Å². The number of rotatable bonds is 4. The van der Waals surface area contributed by atoms with Gasteiger partial charge in [-0.2, -0.15) is 0 Å². The molecule has 1 nitrogen and oxygen atoms in total. The Morgan fingerprint density at radius 2 is 1.95 bits per heavy atom. The second kappa shape index (κ2) is 6.55. The lowest BCUT2D eigenvalue weighted by atomic mass is 9.82. The van der Waals surface area contributed by atoms with Crippen LogP contribution in [-0.2, 0) is 0 Å². The van der Waals surface area contributed by atoms with Crippen LogP contribution < -0.4 is 0 Å². The molecule has 0 saturated heterocycles. The number of benzene rings is 1. The molecule has 0 saturated carbocycles. The second-order valence-electron chi connectivity index (χ2n) is 6.39. The largest absolute Gasteiger partial charge is 0.388 e. The molecule has 0 bridgehead atoms. The molecule has 0 aliphatic carbocycles. The van der Waals surface area contributed by atoms with Gasteiger partial charge in [-0.25, -0.2) is 4.39 Å². The first-order chi connectivity index (χ1) is 8.61. The molecule has 0 amide bonds. The molecule has 0 aliphatic heterocycles. The van der Waals surface area contributed by atoms with E-state index in [1.807, 2.05) is 0 Å². The van der Waals surface area contributed by atoms with Gasteiger partial charge < -0.3 is 5.11 Å². The zero-order valence-electron chi connectivity index (χ0n) is 11.8. The van der Waals surface area contributed by atoms with Crippen LogP contribution in [0.15, 0.2) is 16.6 Å². The van der Waals surface area contributed by atoms with Crippen LogP contribution in [0.2, 0.25) is 5.02 Å². The van der Waals surface area contributed by atoms with E-state index in [1.54, 1.807) is 12.1 Å². The van der Waals surface area contributed by atoms with Crippen molar-refractivity contribution in [1.82, 2.24) is 0 Å². The average molecular weight is 352 g/mol. The van der Waals surface area contributed by atoms with Crippen LogP contribution in [0.1, 0.15) is 52.2 Å². The summed E-state index contributed by atoms with van der Waals surface area (Å²) < 4.78 is 14.5. The summed E-state index contributed by atoms with van der Waals surface area (Å²) in [5, 5.41) is 10.2. The van der Waals surface area contributed by atoms with Gasteiger partial charge in [-0.05, 0) is 46.2 Å². The van der Waals surface area contributed by atoms with Crippen LogP contribution in [0, 0.1) is 17.2 Å². The van der Waals surface area contributed by atoms with Gasteiger partial charge in [0.2, 0.25) is 0 Å². The van der Waals surface area contributed by atoms with Gasteiger partial charge in [0.05, 0.1) is 11.1 Å². The maximum absolute atomic E-state index is 14.0. The lowest BCUT2D eigenvalue weighted by Crippen LogP contribution is -2.14. The van der Waals surface area contributed by atoms with Crippen molar-refractivity contribution in [1.29, 1.82) is 0 Å². The Hall–Kier alpha value is -0.120. The van der Waals surface area contributed by atoms with Crippen molar-refractivity contribution in [3.8, 4) is 0 Å². The molecule has 0 radical (unpaired) electrons. The molecule has 0 fully saturated rings. The molecule has 19 heavy (non-hydrogen) atoms. The standard InChI is InChI=1S/C15H21BrClFO/c1-9(8-15(2,3)4)7-12(19)10-5-6-11(16)13(17)14(10)18/h5-6,9,12,19H,7-8H2,1-4H3. The Morgan fingerprint density at radius 3 is 2.47 bits per heavy atom. The Balaban J connectivity index is 2.79. The Bertz CT molecular complexity index is 443. The molecule has 1 aromatic rings. The maximum atomic E-state index is 14.0. The van der Waals surface area contributed by atoms with Crippen molar-refractivity contribution in [2.45, 2.75) is 46.6 Å². The van der Waals surface area contributed by atoms with Gasteiger partial charge in [0, 0.05) is 10.0 Å². The molecule has 4 heteroatoms. The first-order valence-corrected chi connectivity index (χ1v) is 7.60. The van der Waals surface area contributed by atoms with E-state index in [0.29, 0.717) is 16.8 Å². The van der Waals surface area contributed by atoms with E-state index in [1.165, 1.54) is 0 Å². The van der Waals surface area contributed by atoms with Crippen LogP contribution in [0.25, 0.3) is 0 Å². The first-order valence-electron chi connectivity index (χ1n) is 6.43. The van der Waals surface area contributed by atoms with Gasteiger partial charge >= 0.3 is 0 Å². The van der Waals surface area contributed by atoms with Crippen LogP contribution in [0.5, 0.6) is 0 Å². The van der Waals surface area contributed by atoms with E-state index in [4.69, 9.17) is 11.6 Å². The molecular weight excluding hydrogens is 331 g/mol. The Kier molecular flexibility index (Phi) is 5.84. The predicted molar refractivity (Wildman–Crippen MR) is 81.9 cm³/mol. The van der Waals surface area contributed by atoms with Crippen LogP contribution in [0.4, 0.5) is 4.39 Å². The van der Waals surface area contributed by atoms with Crippen LogP contribution >= 0.6 is 27.5 Å². The van der Waals surface area contributed by atoms with Crippen molar-refractivity contribution >= 4 is 27.5 Å². The van der Waals surface area contributed by atoms with Crippen molar-refractivity contribution in [2.24, 2.45) is 11.3 Å². The molecule has 0 spiro atoms. The smallest absolute Gasteiger partial charge is 0.148 e. The summed E-state index contributed by atoms with van der Waals surface area (Å²) in [5.74, 6) is -0.219. The van der Waals surface area contributed by atoms with Crippen molar-refractivity contribution in [3.05, 3.63) is 33.0 Å². The zero-order valence-corrected chi connectivity index (χ0v) is 14.1. The van der Waals surface area contributed by atoms with Gasteiger partial charge in [-0.15, -0.1) is 0 Å². The van der Waals surface area contributed by atoms with Gasteiger partial charge in [-0.3, -0.25) is 0 Å². The van der Waals surface area contributed by atoms with Crippen molar-refractivity contribution in [2.75, 3.05) is 0 Å². The van der Waals surface area contributed by atoms with Gasteiger partial charge in [-0.1, -0.05) is 45.4 Å². The summed E-state index contributed by atoms with van der Waals surface area (Å²) in [6, 6.07) is 3.25. The molecule has 1 aromatic carbocycles. The quantitative estimate of drug-likeness (QED) is 0.686. The van der Waals surface area contributed by atoms with Crippen LogP contribution in [-0.4, -0.2) is 5.11 Å². The Morgan fingerprint density at radius 1 is 1.37 bits per heavy atom. The van der Waals surface area contributed by atoms with E-state index >= 15 is 0 Å². The molecule has 2 unspecified atom stereocenters.